The molecule has 2 heteroatoms. The van der Waals surface area contributed by atoms with Crippen LogP contribution in [0.25, 0.3) is 0 Å². The van der Waals surface area contributed by atoms with Crippen LogP contribution in [0.2, 0.25) is 0 Å². The fraction of sp³-hybridized carbons (Fsp3) is 1.00. The highest BCUT2D eigenvalue weighted by Gasteiger charge is 2.38. The van der Waals surface area contributed by atoms with Crippen LogP contribution in [0.3, 0.4) is 0 Å². The Morgan fingerprint density at radius 3 is 2.43 bits per heavy atom. The zero-order valence-electron chi connectivity index (χ0n) is 10.3. The zero-order valence-corrected chi connectivity index (χ0v) is 10.3. The summed E-state index contributed by atoms with van der Waals surface area (Å²) in [5, 5.41) is 0. The SMILES string of the molecule is CCCC(C)(CN)N1CCC(C)(C)C1. The Kier molecular flexibility index (Phi) is 3.59. The van der Waals surface area contributed by atoms with Crippen molar-refractivity contribution < 1.29 is 0 Å². The van der Waals surface area contributed by atoms with Crippen LogP contribution in [-0.4, -0.2) is 30.1 Å². The molecular formula is C12H26N2. The molecule has 1 fully saturated rings. The van der Waals surface area contributed by atoms with Crippen LogP contribution in [0.15, 0.2) is 0 Å². The summed E-state index contributed by atoms with van der Waals surface area (Å²) in [5.41, 5.74) is 6.65. The van der Waals surface area contributed by atoms with Crippen LogP contribution in [0.1, 0.15) is 47.0 Å². The molecule has 0 bridgehead atoms. The molecule has 1 aliphatic rings. The second kappa shape index (κ2) is 4.19. The van der Waals surface area contributed by atoms with Crippen molar-refractivity contribution in [3.8, 4) is 0 Å². The Morgan fingerprint density at radius 1 is 1.43 bits per heavy atom. The molecule has 1 heterocycles. The monoisotopic (exact) mass is 198 g/mol. The van der Waals surface area contributed by atoms with Crippen molar-refractivity contribution in [3.63, 3.8) is 0 Å². The molecule has 1 atom stereocenters. The average molecular weight is 198 g/mol. The second-order valence-electron chi connectivity index (χ2n) is 5.79. The smallest absolute Gasteiger partial charge is 0.0303 e. The molecule has 2 N–H and O–H groups in total. The van der Waals surface area contributed by atoms with E-state index in [-0.39, 0.29) is 5.54 Å². The first-order valence-electron chi connectivity index (χ1n) is 5.89. The van der Waals surface area contributed by atoms with Gasteiger partial charge in [0.05, 0.1) is 0 Å². The molecule has 0 aliphatic carbocycles. The number of nitrogens with zero attached hydrogens (tertiary/aromatic N) is 1. The van der Waals surface area contributed by atoms with Crippen LogP contribution in [0.4, 0.5) is 0 Å². The van der Waals surface area contributed by atoms with E-state index in [2.05, 4.69) is 32.6 Å². The quantitative estimate of drug-likeness (QED) is 0.750. The van der Waals surface area contributed by atoms with E-state index in [0.717, 1.165) is 6.54 Å². The lowest BCUT2D eigenvalue weighted by Gasteiger charge is -2.38. The summed E-state index contributed by atoms with van der Waals surface area (Å²) in [5.74, 6) is 0. The summed E-state index contributed by atoms with van der Waals surface area (Å²) in [6.45, 7) is 12.5. The summed E-state index contributed by atoms with van der Waals surface area (Å²) < 4.78 is 0. The van der Waals surface area contributed by atoms with Gasteiger partial charge in [-0.25, -0.2) is 0 Å². The molecule has 0 aromatic carbocycles. The number of hydrogen-bond acceptors (Lipinski definition) is 2. The van der Waals surface area contributed by atoms with Gasteiger partial charge in [0.2, 0.25) is 0 Å². The molecule has 1 saturated heterocycles. The van der Waals surface area contributed by atoms with Crippen LogP contribution in [-0.2, 0) is 0 Å². The third-order valence-corrected chi connectivity index (χ3v) is 3.67. The maximum absolute atomic E-state index is 5.92. The van der Waals surface area contributed by atoms with Gasteiger partial charge in [-0.05, 0) is 31.7 Å². The minimum atomic E-state index is 0.239. The van der Waals surface area contributed by atoms with E-state index in [9.17, 15) is 0 Å². The van der Waals surface area contributed by atoms with Crippen LogP contribution < -0.4 is 5.73 Å². The molecule has 2 nitrogen and oxygen atoms in total. The first-order valence-corrected chi connectivity index (χ1v) is 5.89. The number of likely N-dealkylation sites (tertiary alicyclic amines) is 1. The van der Waals surface area contributed by atoms with Gasteiger partial charge in [0.15, 0.2) is 0 Å². The van der Waals surface area contributed by atoms with Crippen molar-refractivity contribution in [1.82, 2.24) is 4.90 Å². The minimum absolute atomic E-state index is 0.239. The van der Waals surface area contributed by atoms with E-state index >= 15 is 0 Å². The Labute approximate surface area is 88.8 Å². The molecule has 0 spiro atoms. The molecule has 0 aromatic heterocycles. The molecule has 0 amide bonds. The van der Waals surface area contributed by atoms with E-state index in [0.29, 0.717) is 5.41 Å². The highest BCUT2D eigenvalue weighted by molar-refractivity contribution is 4.94. The topological polar surface area (TPSA) is 29.3 Å². The van der Waals surface area contributed by atoms with Gasteiger partial charge in [-0.15, -0.1) is 0 Å². The van der Waals surface area contributed by atoms with E-state index in [1.807, 2.05) is 0 Å². The lowest BCUT2D eigenvalue weighted by Crippen LogP contribution is -2.50. The molecule has 1 aliphatic heterocycles. The fourth-order valence-electron chi connectivity index (χ4n) is 2.50. The predicted molar refractivity (Wildman–Crippen MR) is 62.3 cm³/mol. The summed E-state index contributed by atoms with van der Waals surface area (Å²) in [7, 11) is 0. The second-order valence-corrected chi connectivity index (χ2v) is 5.79. The van der Waals surface area contributed by atoms with Gasteiger partial charge in [0, 0.05) is 18.6 Å². The van der Waals surface area contributed by atoms with Gasteiger partial charge < -0.3 is 5.73 Å². The lowest BCUT2D eigenvalue weighted by atomic mass is 9.91. The van der Waals surface area contributed by atoms with Crippen molar-refractivity contribution in [2.75, 3.05) is 19.6 Å². The van der Waals surface area contributed by atoms with Gasteiger partial charge in [-0.1, -0.05) is 27.2 Å². The Bertz CT molecular complexity index is 189. The number of hydrogen-bond donors (Lipinski definition) is 1. The maximum Gasteiger partial charge on any atom is 0.0303 e. The minimum Gasteiger partial charge on any atom is -0.329 e. The number of nitrogens with two attached hydrogens (primary N) is 1. The van der Waals surface area contributed by atoms with E-state index in [1.54, 1.807) is 0 Å². The molecule has 0 aromatic rings. The Morgan fingerprint density at radius 2 is 2.07 bits per heavy atom. The Balaban J connectivity index is 2.63. The first-order chi connectivity index (χ1) is 6.43. The zero-order chi connectivity index (χ0) is 10.8. The van der Waals surface area contributed by atoms with Gasteiger partial charge in [-0.3, -0.25) is 4.90 Å². The van der Waals surface area contributed by atoms with E-state index in [1.165, 1.54) is 32.4 Å². The van der Waals surface area contributed by atoms with Crippen molar-refractivity contribution in [1.29, 1.82) is 0 Å². The highest BCUT2D eigenvalue weighted by Crippen LogP contribution is 2.34. The van der Waals surface area contributed by atoms with Crippen molar-refractivity contribution in [2.24, 2.45) is 11.1 Å². The van der Waals surface area contributed by atoms with Crippen molar-refractivity contribution in [2.45, 2.75) is 52.5 Å². The van der Waals surface area contributed by atoms with Gasteiger partial charge in [0.1, 0.15) is 0 Å². The van der Waals surface area contributed by atoms with Crippen LogP contribution >= 0.6 is 0 Å². The number of rotatable bonds is 4. The molecule has 1 unspecified atom stereocenters. The standard InChI is InChI=1S/C12H26N2/c1-5-6-12(4,9-13)14-8-7-11(2,3)10-14/h5-10,13H2,1-4H3. The molecule has 0 radical (unpaired) electrons. The summed E-state index contributed by atoms with van der Waals surface area (Å²) >= 11 is 0. The van der Waals surface area contributed by atoms with Gasteiger partial charge >= 0.3 is 0 Å². The van der Waals surface area contributed by atoms with Crippen LogP contribution in [0, 0.1) is 5.41 Å². The van der Waals surface area contributed by atoms with Gasteiger partial charge in [0.25, 0.3) is 0 Å². The molecule has 14 heavy (non-hydrogen) atoms. The molecule has 84 valence electrons. The van der Waals surface area contributed by atoms with Crippen molar-refractivity contribution >= 4 is 0 Å². The highest BCUT2D eigenvalue weighted by atomic mass is 15.2. The third kappa shape index (κ3) is 2.48. The maximum atomic E-state index is 5.92. The fourth-order valence-corrected chi connectivity index (χ4v) is 2.50. The predicted octanol–water partition coefficient (Wildman–Crippen LogP) is 2.24. The summed E-state index contributed by atoms with van der Waals surface area (Å²) in [4.78, 5) is 2.59. The molecule has 0 saturated carbocycles. The van der Waals surface area contributed by atoms with Crippen LogP contribution in [0.5, 0.6) is 0 Å². The Hall–Kier alpha value is -0.0800. The summed E-state index contributed by atoms with van der Waals surface area (Å²) in [6.07, 6.45) is 3.76. The largest absolute Gasteiger partial charge is 0.329 e. The third-order valence-electron chi connectivity index (χ3n) is 3.67. The van der Waals surface area contributed by atoms with E-state index < -0.39 is 0 Å². The van der Waals surface area contributed by atoms with Crippen molar-refractivity contribution in [3.05, 3.63) is 0 Å². The van der Waals surface area contributed by atoms with Gasteiger partial charge in [-0.2, -0.15) is 0 Å². The normalized spacial score (nSPS) is 26.4. The first kappa shape index (κ1) is 12.0. The average Bonchev–Trinajstić information content (AvgIpc) is 2.47. The van der Waals surface area contributed by atoms with E-state index in [4.69, 9.17) is 5.73 Å². The molecule has 1 rings (SSSR count). The summed E-state index contributed by atoms with van der Waals surface area (Å²) in [6, 6.07) is 0. The molecular weight excluding hydrogens is 172 g/mol. The lowest BCUT2D eigenvalue weighted by molar-refractivity contribution is 0.118.